The molecule has 4 rings (SSSR count). The Morgan fingerprint density at radius 2 is 1.74 bits per heavy atom. The van der Waals surface area contributed by atoms with Crippen LogP contribution in [-0.4, -0.2) is 34.6 Å². The first-order valence-corrected chi connectivity index (χ1v) is 12.4. The number of ether oxygens (including phenoxy) is 2. The molecule has 1 atom stereocenters. The molecule has 0 saturated heterocycles. The van der Waals surface area contributed by atoms with Crippen LogP contribution in [0.25, 0.3) is 22.3 Å². The Bertz CT molecular complexity index is 1450. The van der Waals surface area contributed by atoms with Crippen molar-refractivity contribution in [3.05, 3.63) is 91.6 Å². The molecule has 0 fully saturated rings. The molecule has 7 nitrogen and oxygen atoms in total. The summed E-state index contributed by atoms with van der Waals surface area (Å²) in [6, 6.07) is 20.2. The summed E-state index contributed by atoms with van der Waals surface area (Å²) in [4.78, 5) is 29.9. The highest BCUT2D eigenvalue weighted by atomic mass is 79.9. The number of esters is 1. The van der Waals surface area contributed by atoms with Crippen molar-refractivity contribution >= 4 is 54.9 Å². The maximum absolute atomic E-state index is 13.3. The molecule has 1 aromatic heterocycles. The van der Waals surface area contributed by atoms with E-state index in [2.05, 4.69) is 37.0 Å². The molecule has 1 heterocycles. The zero-order valence-electron chi connectivity index (χ0n) is 18.9. The molecule has 35 heavy (non-hydrogen) atoms. The van der Waals surface area contributed by atoms with Gasteiger partial charge < -0.3 is 9.47 Å². The van der Waals surface area contributed by atoms with Crippen molar-refractivity contribution in [3.8, 4) is 17.1 Å². The van der Waals surface area contributed by atoms with E-state index in [1.165, 1.54) is 4.68 Å². The maximum Gasteiger partial charge on any atom is 0.347 e. The quantitative estimate of drug-likeness (QED) is 0.198. The van der Waals surface area contributed by atoms with E-state index >= 15 is 0 Å². The summed E-state index contributed by atoms with van der Waals surface area (Å²) in [6.45, 7) is 3.64. The lowest BCUT2D eigenvalue weighted by Crippen LogP contribution is -2.26. The molecule has 0 saturated carbocycles. The number of hydrogen-bond acceptors (Lipinski definition) is 6. The van der Waals surface area contributed by atoms with Crippen LogP contribution in [0.15, 0.2) is 85.6 Å². The van der Waals surface area contributed by atoms with Gasteiger partial charge in [-0.3, -0.25) is 4.79 Å². The Kier molecular flexibility index (Phi) is 7.77. The summed E-state index contributed by atoms with van der Waals surface area (Å²) in [7, 11) is 0. The Morgan fingerprint density at radius 1 is 1.09 bits per heavy atom. The fraction of sp³-hybridized carbons (Fsp3) is 0.154. The Morgan fingerprint density at radius 3 is 2.43 bits per heavy atom. The zero-order valence-corrected chi connectivity index (χ0v) is 22.1. The molecule has 0 amide bonds. The van der Waals surface area contributed by atoms with Crippen LogP contribution in [0.5, 0.6) is 5.75 Å². The van der Waals surface area contributed by atoms with Crippen molar-refractivity contribution in [2.75, 3.05) is 6.61 Å². The number of halogens is 2. The Labute approximate surface area is 218 Å². The highest BCUT2D eigenvalue weighted by Gasteiger charge is 2.19. The van der Waals surface area contributed by atoms with Gasteiger partial charge in [-0.1, -0.05) is 42.5 Å². The fourth-order valence-electron chi connectivity index (χ4n) is 3.38. The number of nitrogens with zero attached hydrogens (tertiary/aromatic N) is 3. The normalized spacial score (nSPS) is 12.1. The molecule has 0 aliphatic rings. The summed E-state index contributed by atoms with van der Waals surface area (Å²) in [5, 5.41) is 4.96. The van der Waals surface area contributed by atoms with Gasteiger partial charge in [-0.25, -0.2) is 9.78 Å². The number of carbonyl (C=O) groups excluding carboxylic acids is 1. The van der Waals surface area contributed by atoms with E-state index in [1.807, 2.05) is 42.5 Å². The highest BCUT2D eigenvalue weighted by Crippen LogP contribution is 2.35. The van der Waals surface area contributed by atoms with E-state index in [0.29, 0.717) is 37.0 Å². The van der Waals surface area contributed by atoms with Crippen LogP contribution >= 0.6 is 31.9 Å². The second kappa shape index (κ2) is 11.0. The number of hydrogen-bond donors (Lipinski definition) is 0. The third-order valence-corrected chi connectivity index (χ3v) is 6.22. The van der Waals surface area contributed by atoms with Crippen molar-refractivity contribution < 1.29 is 14.3 Å². The number of benzene rings is 3. The first-order valence-electron chi connectivity index (χ1n) is 10.8. The Balaban J connectivity index is 1.73. The topological polar surface area (TPSA) is 82.8 Å². The minimum absolute atomic E-state index is 0.271. The number of aromatic nitrogens is 2. The third-order valence-electron chi connectivity index (χ3n) is 5.04. The average molecular weight is 599 g/mol. The van der Waals surface area contributed by atoms with E-state index in [4.69, 9.17) is 14.5 Å². The molecule has 4 aromatic rings. The van der Waals surface area contributed by atoms with E-state index < -0.39 is 12.1 Å². The van der Waals surface area contributed by atoms with Crippen LogP contribution in [0.3, 0.4) is 0 Å². The molecule has 0 aliphatic carbocycles. The maximum atomic E-state index is 13.3. The van der Waals surface area contributed by atoms with Crippen LogP contribution in [0.4, 0.5) is 0 Å². The van der Waals surface area contributed by atoms with Crippen molar-refractivity contribution in [1.82, 2.24) is 9.66 Å². The van der Waals surface area contributed by atoms with Gasteiger partial charge in [-0.05, 0) is 75.5 Å². The lowest BCUT2D eigenvalue weighted by molar-refractivity contribution is -0.150. The van der Waals surface area contributed by atoms with Crippen molar-refractivity contribution in [2.24, 2.45) is 5.10 Å². The molecule has 0 radical (unpaired) electrons. The lowest BCUT2D eigenvalue weighted by Gasteiger charge is -2.16. The van der Waals surface area contributed by atoms with E-state index in [0.717, 1.165) is 5.56 Å². The SMILES string of the molecule is CCOC(=O)[C@@H](C)Oc1c(Br)cc(C=Nn2c(-c3ccccc3)nc3ccccc3c2=O)cc1Br. The number of fused-ring (bicyclic) bond motifs is 1. The number of carbonyl (C=O) groups is 1. The summed E-state index contributed by atoms with van der Waals surface area (Å²) in [5.41, 5.74) is 1.79. The van der Waals surface area contributed by atoms with Gasteiger partial charge in [0.05, 0.1) is 32.7 Å². The molecule has 9 heteroatoms. The monoisotopic (exact) mass is 597 g/mol. The van der Waals surface area contributed by atoms with E-state index in [1.54, 1.807) is 44.3 Å². The smallest absolute Gasteiger partial charge is 0.347 e. The molecule has 0 aliphatic heterocycles. The minimum atomic E-state index is -0.780. The van der Waals surface area contributed by atoms with Gasteiger partial charge in [-0.2, -0.15) is 9.78 Å². The van der Waals surface area contributed by atoms with Gasteiger partial charge in [0.2, 0.25) is 0 Å². The summed E-state index contributed by atoms with van der Waals surface area (Å²) in [6.07, 6.45) is 0.788. The standard InChI is InChI=1S/C26H21Br2N3O4/c1-3-34-26(33)16(2)35-23-20(27)13-17(14-21(23)28)15-29-31-24(18-9-5-4-6-10-18)30-22-12-8-7-11-19(22)25(31)32/h4-16H,3H2,1-2H3/t16-/m1/s1. The van der Waals surface area contributed by atoms with Gasteiger partial charge in [0.1, 0.15) is 5.75 Å². The van der Waals surface area contributed by atoms with Gasteiger partial charge in [0.25, 0.3) is 5.56 Å². The third kappa shape index (κ3) is 5.52. The van der Waals surface area contributed by atoms with Crippen LogP contribution in [0.2, 0.25) is 0 Å². The molecular weight excluding hydrogens is 578 g/mol. The molecule has 0 spiro atoms. The lowest BCUT2D eigenvalue weighted by atomic mass is 10.2. The van der Waals surface area contributed by atoms with Crippen molar-refractivity contribution in [3.63, 3.8) is 0 Å². The minimum Gasteiger partial charge on any atom is -0.477 e. The molecule has 3 aromatic carbocycles. The van der Waals surface area contributed by atoms with Crippen LogP contribution in [0.1, 0.15) is 19.4 Å². The predicted molar refractivity (Wildman–Crippen MR) is 143 cm³/mol. The average Bonchev–Trinajstić information content (AvgIpc) is 2.86. The summed E-state index contributed by atoms with van der Waals surface area (Å²) >= 11 is 6.98. The zero-order chi connectivity index (χ0) is 24.9. The molecule has 178 valence electrons. The van der Waals surface area contributed by atoms with E-state index in [9.17, 15) is 9.59 Å². The summed E-state index contributed by atoms with van der Waals surface area (Å²) in [5.74, 6) is 0.442. The van der Waals surface area contributed by atoms with Crippen LogP contribution < -0.4 is 10.3 Å². The van der Waals surface area contributed by atoms with Gasteiger partial charge >= 0.3 is 5.97 Å². The molecule has 0 unspecified atom stereocenters. The Hall–Kier alpha value is -3.30. The van der Waals surface area contributed by atoms with Crippen LogP contribution in [0, 0.1) is 0 Å². The van der Waals surface area contributed by atoms with Crippen molar-refractivity contribution in [2.45, 2.75) is 20.0 Å². The first-order chi connectivity index (χ1) is 16.9. The first kappa shape index (κ1) is 24.8. The van der Waals surface area contributed by atoms with E-state index in [-0.39, 0.29) is 12.2 Å². The van der Waals surface area contributed by atoms with Gasteiger partial charge in [0, 0.05) is 5.56 Å². The molecule has 0 bridgehead atoms. The summed E-state index contributed by atoms with van der Waals surface area (Å²) < 4.78 is 13.3. The fourth-order valence-corrected chi connectivity index (χ4v) is 4.79. The van der Waals surface area contributed by atoms with Crippen molar-refractivity contribution in [1.29, 1.82) is 0 Å². The largest absolute Gasteiger partial charge is 0.477 e. The predicted octanol–water partition coefficient (Wildman–Crippen LogP) is 5.80. The second-order valence-corrected chi connectivity index (χ2v) is 9.21. The number of rotatable bonds is 7. The van der Waals surface area contributed by atoms with Gasteiger partial charge in [0.15, 0.2) is 11.9 Å². The highest BCUT2D eigenvalue weighted by molar-refractivity contribution is 9.11. The van der Waals surface area contributed by atoms with Crippen LogP contribution in [-0.2, 0) is 9.53 Å². The molecular formula is C26H21Br2N3O4. The van der Waals surface area contributed by atoms with Gasteiger partial charge in [-0.15, -0.1) is 0 Å². The second-order valence-electron chi connectivity index (χ2n) is 7.51. The molecule has 0 N–H and O–H groups in total. The number of para-hydroxylation sites is 1.